The first kappa shape index (κ1) is 16.5. The molecule has 0 spiro atoms. The van der Waals surface area contributed by atoms with Gasteiger partial charge in [0.2, 0.25) is 11.9 Å². The van der Waals surface area contributed by atoms with Crippen LogP contribution in [0, 0.1) is 5.92 Å². The van der Waals surface area contributed by atoms with Crippen molar-refractivity contribution in [1.82, 2.24) is 24.4 Å². The zero-order valence-electron chi connectivity index (χ0n) is 14.3. The first-order chi connectivity index (χ1) is 12.6. The summed E-state index contributed by atoms with van der Waals surface area (Å²) in [5, 5.41) is 8.63. The van der Waals surface area contributed by atoms with E-state index in [-0.39, 0.29) is 5.91 Å². The molecule has 1 amide bonds. The molecule has 1 saturated heterocycles. The fraction of sp³-hybridized carbons (Fsp3) is 0.294. The highest BCUT2D eigenvalue weighted by molar-refractivity contribution is 7.17. The molecule has 0 atom stereocenters. The second-order valence-corrected chi connectivity index (χ2v) is 7.16. The van der Waals surface area contributed by atoms with Gasteiger partial charge in [-0.3, -0.25) is 4.79 Å². The first-order valence-electron chi connectivity index (χ1n) is 8.28. The summed E-state index contributed by atoms with van der Waals surface area (Å²) in [4.78, 5) is 26.6. The van der Waals surface area contributed by atoms with Crippen LogP contribution in [0.4, 0.5) is 17.6 Å². The van der Waals surface area contributed by atoms with Gasteiger partial charge in [0.1, 0.15) is 11.6 Å². The molecule has 9 heteroatoms. The average molecular weight is 369 g/mol. The van der Waals surface area contributed by atoms with Crippen molar-refractivity contribution in [3.05, 3.63) is 36.6 Å². The maximum absolute atomic E-state index is 11.5. The Hall–Kier alpha value is -2.94. The van der Waals surface area contributed by atoms with Gasteiger partial charge in [0, 0.05) is 32.6 Å². The smallest absolute Gasteiger partial charge is 0.245 e. The molecule has 134 valence electrons. The summed E-state index contributed by atoms with van der Waals surface area (Å²) < 4.78 is 2.90. The second kappa shape index (κ2) is 6.75. The van der Waals surface area contributed by atoms with E-state index in [0.717, 1.165) is 41.5 Å². The highest BCUT2D eigenvalue weighted by Gasteiger charge is 2.29. The lowest BCUT2D eigenvalue weighted by Gasteiger charge is -2.38. The summed E-state index contributed by atoms with van der Waals surface area (Å²) in [5.74, 6) is 2.56. The SMILES string of the molecule is C=CC(=O)N1CC(CNc2nc(Nc3cncn3C)nc3ccsc23)C1. The Morgan fingerprint density at radius 3 is 3.04 bits per heavy atom. The number of fused-ring (bicyclic) bond motifs is 1. The standard InChI is InChI=1S/C17H19N7OS/c1-3-14(25)24-8-11(9-24)6-19-16-15-12(4-5-26-15)20-17(22-16)21-13-7-18-10-23(13)2/h3-5,7,10-11H,1,6,8-9H2,2H3,(H2,19,20,21,22). The van der Waals surface area contributed by atoms with Crippen LogP contribution < -0.4 is 10.6 Å². The minimum Gasteiger partial charge on any atom is -0.368 e. The quantitative estimate of drug-likeness (QED) is 0.648. The lowest BCUT2D eigenvalue weighted by Crippen LogP contribution is -2.51. The number of nitrogens with zero attached hydrogens (tertiary/aromatic N) is 5. The zero-order valence-corrected chi connectivity index (χ0v) is 15.2. The van der Waals surface area contributed by atoms with Gasteiger partial charge in [-0.1, -0.05) is 6.58 Å². The van der Waals surface area contributed by atoms with Crippen LogP contribution in [0.3, 0.4) is 0 Å². The van der Waals surface area contributed by atoms with Crippen molar-refractivity contribution in [3.63, 3.8) is 0 Å². The van der Waals surface area contributed by atoms with E-state index in [2.05, 4.69) is 32.2 Å². The van der Waals surface area contributed by atoms with E-state index in [4.69, 9.17) is 0 Å². The molecule has 3 aromatic rings. The van der Waals surface area contributed by atoms with Crippen LogP contribution in [-0.4, -0.2) is 50.0 Å². The van der Waals surface area contributed by atoms with E-state index < -0.39 is 0 Å². The zero-order chi connectivity index (χ0) is 18.1. The molecule has 1 aliphatic heterocycles. The Labute approximate surface area is 154 Å². The van der Waals surface area contributed by atoms with Gasteiger partial charge in [-0.05, 0) is 17.5 Å². The second-order valence-electron chi connectivity index (χ2n) is 6.24. The van der Waals surface area contributed by atoms with Gasteiger partial charge < -0.3 is 20.1 Å². The first-order valence-corrected chi connectivity index (χ1v) is 9.16. The molecule has 0 aromatic carbocycles. The van der Waals surface area contributed by atoms with Gasteiger partial charge in [-0.2, -0.15) is 4.98 Å². The molecule has 1 fully saturated rings. The number of aryl methyl sites for hydroxylation is 1. The summed E-state index contributed by atoms with van der Waals surface area (Å²) in [7, 11) is 1.91. The van der Waals surface area contributed by atoms with E-state index in [0.29, 0.717) is 11.9 Å². The summed E-state index contributed by atoms with van der Waals surface area (Å²) >= 11 is 1.61. The summed E-state index contributed by atoms with van der Waals surface area (Å²) in [6.07, 6.45) is 4.81. The third kappa shape index (κ3) is 3.13. The normalized spacial score (nSPS) is 14.3. The molecule has 26 heavy (non-hydrogen) atoms. The minimum absolute atomic E-state index is 0.00778. The number of carbonyl (C=O) groups is 1. The molecule has 0 radical (unpaired) electrons. The average Bonchev–Trinajstić information content (AvgIpc) is 3.22. The van der Waals surface area contributed by atoms with Crippen molar-refractivity contribution in [2.75, 3.05) is 30.3 Å². The van der Waals surface area contributed by atoms with Crippen LogP contribution in [0.1, 0.15) is 0 Å². The highest BCUT2D eigenvalue weighted by atomic mass is 32.1. The maximum atomic E-state index is 11.5. The number of hydrogen-bond acceptors (Lipinski definition) is 7. The number of amides is 1. The molecule has 4 rings (SSSR count). The number of likely N-dealkylation sites (tertiary alicyclic amines) is 1. The number of hydrogen-bond donors (Lipinski definition) is 2. The van der Waals surface area contributed by atoms with Crippen LogP contribution >= 0.6 is 11.3 Å². The fourth-order valence-corrected chi connectivity index (χ4v) is 3.68. The summed E-state index contributed by atoms with van der Waals surface area (Å²) in [5.41, 5.74) is 0.897. The number of anilines is 3. The van der Waals surface area contributed by atoms with Gasteiger partial charge in [-0.15, -0.1) is 11.3 Å². The van der Waals surface area contributed by atoms with E-state index in [1.807, 2.05) is 23.1 Å². The van der Waals surface area contributed by atoms with Crippen molar-refractivity contribution in [1.29, 1.82) is 0 Å². The molecule has 0 saturated carbocycles. The molecule has 2 N–H and O–H groups in total. The molecular formula is C17H19N7OS. The minimum atomic E-state index is -0.00778. The molecule has 1 aliphatic rings. The Morgan fingerprint density at radius 2 is 2.31 bits per heavy atom. The van der Waals surface area contributed by atoms with Gasteiger partial charge in [0.05, 0.1) is 22.7 Å². The molecular weight excluding hydrogens is 350 g/mol. The van der Waals surface area contributed by atoms with E-state index in [1.54, 1.807) is 28.8 Å². The van der Waals surface area contributed by atoms with Crippen molar-refractivity contribution >= 4 is 45.0 Å². The Balaban J connectivity index is 1.48. The topological polar surface area (TPSA) is 88.0 Å². The molecule has 0 bridgehead atoms. The van der Waals surface area contributed by atoms with E-state index in [9.17, 15) is 4.79 Å². The van der Waals surface area contributed by atoms with Crippen molar-refractivity contribution in [3.8, 4) is 0 Å². The van der Waals surface area contributed by atoms with E-state index in [1.165, 1.54) is 6.08 Å². The molecule has 3 aromatic heterocycles. The maximum Gasteiger partial charge on any atom is 0.245 e. The van der Waals surface area contributed by atoms with Crippen LogP contribution in [0.2, 0.25) is 0 Å². The van der Waals surface area contributed by atoms with Gasteiger partial charge in [-0.25, -0.2) is 9.97 Å². The van der Waals surface area contributed by atoms with Crippen LogP contribution in [0.5, 0.6) is 0 Å². The number of nitrogens with one attached hydrogen (secondary N) is 2. The summed E-state index contributed by atoms with van der Waals surface area (Å²) in [6.45, 7) is 5.77. The molecule has 0 aliphatic carbocycles. The van der Waals surface area contributed by atoms with Crippen LogP contribution in [0.15, 0.2) is 36.6 Å². The molecule has 8 nitrogen and oxygen atoms in total. The lowest BCUT2D eigenvalue weighted by atomic mass is 10.00. The van der Waals surface area contributed by atoms with Gasteiger partial charge >= 0.3 is 0 Å². The predicted molar refractivity (Wildman–Crippen MR) is 103 cm³/mol. The van der Waals surface area contributed by atoms with Crippen LogP contribution in [0.25, 0.3) is 10.2 Å². The Morgan fingerprint density at radius 1 is 1.46 bits per heavy atom. The monoisotopic (exact) mass is 369 g/mol. The van der Waals surface area contributed by atoms with E-state index >= 15 is 0 Å². The third-order valence-corrected chi connectivity index (χ3v) is 5.27. The van der Waals surface area contributed by atoms with Gasteiger partial charge in [0.15, 0.2) is 0 Å². The largest absolute Gasteiger partial charge is 0.368 e. The van der Waals surface area contributed by atoms with Crippen molar-refractivity contribution in [2.24, 2.45) is 13.0 Å². The predicted octanol–water partition coefficient (Wildman–Crippen LogP) is 2.22. The van der Waals surface area contributed by atoms with Crippen molar-refractivity contribution < 1.29 is 4.79 Å². The number of carbonyl (C=O) groups excluding carboxylic acids is 1. The third-order valence-electron chi connectivity index (χ3n) is 4.36. The lowest BCUT2D eigenvalue weighted by molar-refractivity contribution is -0.131. The number of rotatable bonds is 6. The highest BCUT2D eigenvalue weighted by Crippen LogP contribution is 2.29. The number of imidazole rings is 1. The Bertz CT molecular complexity index is 957. The van der Waals surface area contributed by atoms with Gasteiger partial charge in [0.25, 0.3) is 0 Å². The Kier molecular flexibility index (Phi) is 4.29. The summed E-state index contributed by atoms with van der Waals surface area (Å²) in [6, 6.07) is 1.98. The molecule has 0 unspecified atom stereocenters. The number of aromatic nitrogens is 4. The van der Waals surface area contributed by atoms with Crippen LogP contribution in [-0.2, 0) is 11.8 Å². The molecule has 4 heterocycles. The van der Waals surface area contributed by atoms with Crippen molar-refractivity contribution in [2.45, 2.75) is 0 Å². The number of thiophene rings is 1. The fourth-order valence-electron chi connectivity index (χ4n) is 2.88.